The van der Waals surface area contributed by atoms with Crippen LogP contribution in [0.3, 0.4) is 0 Å². The first kappa shape index (κ1) is 19.0. The van der Waals surface area contributed by atoms with Gasteiger partial charge in [-0.15, -0.1) is 12.4 Å². The normalized spacial score (nSPS) is 11.9. The van der Waals surface area contributed by atoms with Crippen molar-refractivity contribution in [2.24, 2.45) is 0 Å². The van der Waals surface area contributed by atoms with Gasteiger partial charge >= 0.3 is 0 Å². The summed E-state index contributed by atoms with van der Waals surface area (Å²) in [6.07, 6.45) is 4.34. The number of benzene rings is 3. The van der Waals surface area contributed by atoms with E-state index in [9.17, 15) is 0 Å². The van der Waals surface area contributed by atoms with Crippen LogP contribution in [0.1, 0.15) is 24.1 Å². The van der Waals surface area contributed by atoms with E-state index in [-0.39, 0.29) is 12.4 Å². The summed E-state index contributed by atoms with van der Waals surface area (Å²) in [5.74, 6) is 0. The molecule has 1 atom stereocenters. The molecule has 0 saturated heterocycles. The van der Waals surface area contributed by atoms with Gasteiger partial charge in [0.15, 0.2) is 0 Å². The van der Waals surface area contributed by atoms with E-state index in [1.807, 2.05) is 6.07 Å². The van der Waals surface area contributed by atoms with Gasteiger partial charge in [0, 0.05) is 12.6 Å². The molecule has 0 fully saturated rings. The van der Waals surface area contributed by atoms with Gasteiger partial charge in [-0.1, -0.05) is 97.1 Å². The van der Waals surface area contributed by atoms with Gasteiger partial charge in [0.2, 0.25) is 0 Å². The van der Waals surface area contributed by atoms with E-state index in [2.05, 4.69) is 103 Å². The van der Waals surface area contributed by atoms with E-state index in [1.165, 1.54) is 22.3 Å². The second kappa shape index (κ2) is 9.83. The third kappa shape index (κ3) is 5.60. The van der Waals surface area contributed by atoms with Gasteiger partial charge in [-0.05, 0) is 29.2 Å². The van der Waals surface area contributed by atoms with Gasteiger partial charge in [0.05, 0.1) is 0 Å². The Labute approximate surface area is 156 Å². The van der Waals surface area contributed by atoms with Crippen molar-refractivity contribution in [2.75, 3.05) is 6.54 Å². The fourth-order valence-corrected chi connectivity index (χ4v) is 2.72. The number of halogens is 1. The van der Waals surface area contributed by atoms with E-state index in [1.54, 1.807) is 0 Å². The molecule has 0 aliphatic rings. The fourth-order valence-electron chi connectivity index (χ4n) is 2.72. The zero-order valence-corrected chi connectivity index (χ0v) is 15.2. The predicted molar refractivity (Wildman–Crippen MR) is 111 cm³/mol. The van der Waals surface area contributed by atoms with Crippen molar-refractivity contribution in [3.8, 4) is 11.1 Å². The molecule has 2 heteroatoms. The Bertz CT molecular complexity index is 764. The Kier molecular flexibility index (Phi) is 7.46. The summed E-state index contributed by atoms with van der Waals surface area (Å²) >= 11 is 0. The molecule has 0 bridgehead atoms. The molecule has 1 nitrogen and oxygen atoms in total. The van der Waals surface area contributed by atoms with Crippen molar-refractivity contribution < 1.29 is 0 Å². The van der Waals surface area contributed by atoms with E-state index in [4.69, 9.17) is 0 Å². The average molecular weight is 350 g/mol. The molecule has 3 aromatic carbocycles. The van der Waals surface area contributed by atoms with Crippen LogP contribution >= 0.6 is 12.4 Å². The lowest BCUT2D eigenvalue weighted by Gasteiger charge is -2.12. The highest BCUT2D eigenvalue weighted by atomic mass is 35.5. The molecule has 0 heterocycles. The predicted octanol–water partition coefficient (Wildman–Crippen LogP) is 6.14. The van der Waals surface area contributed by atoms with Gasteiger partial charge in [0.1, 0.15) is 0 Å². The minimum absolute atomic E-state index is 0. The molecule has 25 heavy (non-hydrogen) atoms. The quantitative estimate of drug-likeness (QED) is 0.563. The van der Waals surface area contributed by atoms with Crippen LogP contribution in [0.2, 0.25) is 0 Å². The first-order chi connectivity index (χ1) is 11.8. The Morgan fingerprint density at radius 3 is 1.96 bits per heavy atom. The molecule has 0 aliphatic carbocycles. The van der Waals surface area contributed by atoms with Crippen molar-refractivity contribution in [1.82, 2.24) is 5.32 Å². The Balaban J connectivity index is 0.00000225. The maximum absolute atomic E-state index is 3.52. The summed E-state index contributed by atoms with van der Waals surface area (Å²) in [6.45, 7) is 3.05. The van der Waals surface area contributed by atoms with Crippen molar-refractivity contribution in [3.05, 3.63) is 102 Å². The summed E-state index contributed by atoms with van der Waals surface area (Å²) in [6, 6.07) is 30.0. The van der Waals surface area contributed by atoms with Crippen LogP contribution in [0.4, 0.5) is 0 Å². The molecular weight excluding hydrogens is 326 g/mol. The zero-order chi connectivity index (χ0) is 16.6. The second-order valence-corrected chi connectivity index (χ2v) is 5.93. The van der Waals surface area contributed by atoms with Crippen LogP contribution in [-0.2, 0) is 0 Å². The molecular formula is C23H24ClN. The Hall–Kier alpha value is -2.35. The highest BCUT2D eigenvalue weighted by Gasteiger charge is 2.01. The summed E-state index contributed by atoms with van der Waals surface area (Å²) in [5, 5.41) is 3.52. The molecule has 1 N–H and O–H groups in total. The van der Waals surface area contributed by atoms with E-state index in [0.717, 1.165) is 6.54 Å². The molecule has 0 aromatic heterocycles. The third-order valence-corrected chi connectivity index (χ3v) is 4.17. The highest BCUT2D eigenvalue weighted by Crippen LogP contribution is 2.19. The first-order valence-corrected chi connectivity index (χ1v) is 8.43. The van der Waals surface area contributed by atoms with Crippen LogP contribution in [0.25, 0.3) is 17.2 Å². The summed E-state index contributed by atoms with van der Waals surface area (Å²) in [5.41, 5.74) is 5.05. The molecule has 128 valence electrons. The number of rotatable bonds is 6. The van der Waals surface area contributed by atoms with Crippen molar-refractivity contribution >= 4 is 18.5 Å². The van der Waals surface area contributed by atoms with E-state index < -0.39 is 0 Å². The van der Waals surface area contributed by atoms with Gasteiger partial charge in [0.25, 0.3) is 0 Å². The zero-order valence-electron chi connectivity index (χ0n) is 14.4. The van der Waals surface area contributed by atoms with Crippen molar-refractivity contribution in [1.29, 1.82) is 0 Å². The monoisotopic (exact) mass is 349 g/mol. The Morgan fingerprint density at radius 2 is 1.32 bits per heavy atom. The first-order valence-electron chi connectivity index (χ1n) is 8.43. The van der Waals surface area contributed by atoms with Gasteiger partial charge in [-0.2, -0.15) is 0 Å². The number of hydrogen-bond acceptors (Lipinski definition) is 1. The van der Waals surface area contributed by atoms with Crippen LogP contribution in [0.15, 0.2) is 91.0 Å². The molecule has 0 radical (unpaired) electrons. The largest absolute Gasteiger partial charge is 0.307 e. The molecule has 1 unspecified atom stereocenters. The molecule has 0 saturated carbocycles. The molecule has 3 aromatic rings. The Morgan fingerprint density at radius 1 is 0.760 bits per heavy atom. The third-order valence-electron chi connectivity index (χ3n) is 4.17. The summed E-state index contributed by atoms with van der Waals surface area (Å²) < 4.78 is 0. The van der Waals surface area contributed by atoms with Crippen molar-refractivity contribution in [2.45, 2.75) is 13.0 Å². The minimum atomic E-state index is 0. The lowest BCUT2D eigenvalue weighted by molar-refractivity contribution is 0.618. The van der Waals surface area contributed by atoms with Crippen LogP contribution in [0.5, 0.6) is 0 Å². The van der Waals surface area contributed by atoms with Crippen LogP contribution in [-0.4, -0.2) is 6.54 Å². The SMILES string of the molecule is CC(NCC=Cc1ccc(-c2ccccc2)cc1)c1ccccc1.Cl. The fraction of sp³-hybridized carbons (Fsp3) is 0.130. The second-order valence-electron chi connectivity index (χ2n) is 5.93. The standard InChI is InChI=1S/C23H23N.ClH/c1-19(21-10-4-2-5-11-21)24-18-8-9-20-14-16-23(17-15-20)22-12-6-3-7-13-22;/h2-17,19,24H,18H2,1H3;1H. The lowest BCUT2D eigenvalue weighted by atomic mass is 10.0. The van der Waals surface area contributed by atoms with E-state index >= 15 is 0 Å². The minimum Gasteiger partial charge on any atom is -0.307 e. The highest BCUT2D eigenvalue weighted by molar-refractivity contribution is 5.85. The summed E-state index contributed by atoms with van der Waals surface area (Å²) in [7, 11) is 0. The van der Waals surface area contributed by atoms with Crippen LogP contribution < -0.4 is 5.32 Å². The maximum Gasteiger partial charge on any atom is 0.0294 e. The molecule has 0 spiro atoms. The molecule has 3 rings (SSSR count). The average Bonchev–Trinajstić information content (AvgIpc) is 2.67. The van der Waals surface area contributed by atoms with Crippen LogP contribution in [0, 0.1) is 0 Å². The maximum atomic E-state index is 3.52. The molecule has 0 amide bonds. The smallest absolute Gasteiger partial charge is 0.0294 e. The van der Waals surface area contributed by atoms with Gasteiger partial charge in [-0.3, -0.25) is 0 Å². The molecule has 0 aliphatic heterocycles. The van der Waals surface area contributed by atoms with E-state index in [0.29, 0.717) is 6.04 Å². The van der Waals surface area contributed by atoms with Gasteiger partial charge in [-0.25, -0.2) is 0 Å². The summed E-state index contributed by atoms with van der Waals surface area (Å²) in [4.78, 5) is 0. The number of hydrogen-bond donors (Lipinski definition) is 1. The topological polar surface area (TPSA) is 12.0 Å². The van der Waals surface area contributed by atoms with Crippen molar-refractivity contribution in [3.63, 3.8) is 0 Å². The van der Waals surface area contributed by atoms with Gasteiger partial charge < -0.3 is 5.32 Å². The number of nitrogens with one attached hydrogen (secondary N) is 1. The lowest BCUT2D eigenvalue weighted by Crippen LogP contribution is -2.18.